The molecule has 1 amide bonds. The van der Waals surface area contributed by atoms with Crippen LogP contribution in [0.15, 0.2) is 36.4 Å². The van der Waals surface area contributed by atoms with E-state index in [2.05, 4.69) is 19.2 Å². The van der Waals surface area contributed by atoms with Crippen LogP contribution in [0.2, 0.25) is 0 Å². The van der Waals surface area contributed by atoms with Gasteiger partial charge >= 0.3 is 0 Å². The van der Waals surface area contributed by atoms with E-state index in [1.54, 1.807) is 0 Å². The van der Waals surface area contributed by atoms with Crippen molar-refractivity contribution in [3.63, 3.8) is 0 Å². The number of amides is 1. The van der Waals surface area contributed by atoms with Gasteiger partial charge in [0.2, 0.25) is 5.91 Å². The Morgan fingerprint density at radius 3 is 2.55 bits per heavy atom. The second kappa shape index (κ2) is 6.33. The first-order valence-corrected chi connectivity index (χ1v) is 6.94. The normalized spacial score (nSPS) is 10.8. The smallest absolute Gasteiger partial charge is 0.224 e. The average Bonchev–Trinajstić information content (AvgIpc) is 2.45. The van der Waals surface area contributed by atoms with E-state index in [1.165, 1.54) is 6.21 Å². The minimum Gasteiger partial charge on any atom is -0.326 e. The van der Waals surface area contributed by atoms with Crippen molar-refractivity contribution >= 4 is 28.6 Å². The van der Waals surface area contributed by atoms with Crippen molar-refractivity contribution in [2.75, 3.05) is 5.32 Å². The first kappa shape index (κ1) is 14.3. The number of nitrogens with one attached hydrogen (secondary N) is 2. The van der Waals surface area contributed by atoms with Crippen LogP contribution in [0.1, 0.15) is 32.3 Å². The highest BCUT2D eigenvalue weighted by Gasteiger charge is 2.08. The number of anilines is 1. The van der Waals surface area contributed by atoms with Gasteiger partial charge in [-0.1, -0.05) is 44.2 Å². The van der Waals surface area contributed by atoms with Crippen molar-refractivity contribution in [2.24, 2.45) is 5.92 Å². The van der Waals surface area contributed by atoms with E-state index in [9.17, 15) is 4.79 Å². The van der Waals surface area contributed by atoms with Gasteiger partial charge in [-0.15, -0.1) is 0 Å². The van der Waals surface area contributed by atoms with E-state index in [1.807, 2.05) is 36.4 Å². The molecule has 0 saturated heterocycles. The second-order valence-corrected chi connectivity index (χ2v) is 5.37. The van der Waals surface area contributed by atoms with Crippen LogP contribution in [-0.2, 0) is 4.79 Å². The van der Waals surface area contributed by atoms with Crippen molar-refractivity contribution in [2.45, 2.75) is 26.7 Å². The average molecular weight is 268 g/mol. The maximum atomic E-state index is 12.0. The zero-order valence-corrected chi connectivity index (χ0v) is 11.9. The van der Waals surface area contributed by atoms with Crippen LogP contribution in [0, 0.1) is 11.3 Å². The Balaban J connectivity index is 2.27. The summed E-state index contributed by atoms with van der Waals surface area (Å²) in [4.78, 5) is 12.0. The maximum absolute atomic E-state index is 12.0. The highest BCUT2D eigenvalue weighted by Crippen LogP contribution is 2.26. The molecule has 0 atom stereocenters. The molecule has 3 nitrogen and oxygen atoms in total. The summed E-state index contributed by atoms with van der Waals surface area (Å²) in [7, 11) is 0. The van der Waals surface area contributed by atoms with Gasteiger partial charge in [0.05, 0.1) is 0 Å². The molecule has 2 aromatic rings. The second-order valence-electron chi connectivity index (χ2n) is 5.37. The molecule has 0 aromatic heterocycles. The lowest BCUT2D eigenvalue weighted by Crippen LogP contribution is -2.12. The minimum atomic E-state index is 0.0476. The molecule has 0 heterocycles. The van der Waals surface area contributed by atoms with E-state index in [-0.39, 0.29) is 5.91 Å². The number of carbonyl (C=O) groups is 1. The van der Waals surface area contributed by atoms with Gasteiger partial charge in [-0.3, -0.25) is 4.79 Å². The van der Waals surface area contributed by atoms with E-state index in [0.717, 1.165) is 28.4 Å². The van der Waals surface area contributed by atoms with E-state index in [0.29, 0.717) is 12.3 Å². The summed E-state index contributed by atoms with van der Waals surface area (Å²) in [6, 6.07) is 11.6. The molecule has 0 aliphatic heterocycles. The first-order valence-electron chi connectivity index (χ1n) is 6.94. The Labute approximate surface area is 119 Å². The lowest BCUT2D eigenvalue weighted by Gasteiger charge is -2.11. The Kier molecular flexibility index (Phi) is 4.51. The molecule has 0 fully saturated rings. The van der Waals surface area contributed by atoms with Crippen LogP contribution in [0.3, 0.4) is 0 Å². The zero-order chi connectivity index (χ0) is 14.5. The highest BCUT2D eigenvalue weighted by molar-refractivity contribution is 6.07. The van der Waals surface area contributed by atoms with Gasteiger partial charge in [0.25, 0.3) is 0 Å². The van der Waals surface area contributed by atoms with Gasteiger partial charge in [0, 0.05) is 23.7 Å². The molecule has 2 N–H and O–H groups in total. The minimum absolute atomic E-state index is 0.0476. The standard InChI is InChI=1S/C17H20N2O/c1-12(2)7-10-17(20)19-16-9-8-13(11-18)14-5-3-4-6-15(14)16/h3-6,8-9,11-12,18H,7,10H2,1-2H3,(H,19,20). The SMILES string of the molecule is CC(C)CCC(=O)Nc1ccc(C=N)c2ccccc12. The molecule has 3 heteroatoms. The molecule has 0 aliphatic rings. The highest BCUT2D eigenvalue weighted by atomic mass is 16.1. The topological polar surface area (TPSA) is 53.0 Å². The quantitative estimate of drug-likeness (QED) is 0.784. The molecule has 2 aromatic carbocycles. The Morgan fingerprint density at radius 2 is 1.90 bits per heavy atom. The van der Waals surface area contributed by atoms with Crippen molar-refractivity contribution in [1.82, 2.24) is 0 Å². The van der Waals surface area contributed by atoms with E-state index < -0.39 is 0 Å². The molecule has 104 valence electrons. The van der Waals surface area contributed by atoms with Crippen molar-refractivity contribution in [3.05, 3.63) is 42.0 Å². The summed E-state index contributed by atoms with van der Waals surface area (Å²) in [5.41, 5.74) is 1.68. The van der Waals surface area contributed by atoms with Gasteiger partial charge in [-0.25, -0.2) is 0 Å². The Morgan fingerprint density at radius 1 is 1.20 bits per heavy atom. The molecule has 20 heavy (non-hydrogen) atoms. The van der Waals surface area contributed by atoms with Crippen LogP contribution in [-0.4, -0.2) is 12.1 Å². The van der Waals surface area contributed by atoms with Crippen LogP contribution < -0.4 is 5.32 Å². The molecular weight excluding hydrogens is 248 g/mol. The fourth-order valence-corrected chi connectivity index (χ4v) is 2.19. The predicted octanol–water partition coefficient (Wildman–Crippen LogP) is 4.21. The molecule has 0 unspecified atom stereocenters. The first-order chi connectivity index (χ1) is 9.61. The summed E-state index contributed by atoms with van der Waals surface area (Å²) in [5.74, 6) is 0.573. The summed E-state index contributed by atoms with van der Waals surface area (Å²) in [6.07, 6.45) is 2.77. The fourth-order valence-electron chi connectivity index (χ4n) is 2.19. The summed E-state index contributed by atoms with van der Waals surface area (Å²) < 4.78 is 0. The molecule has 0 radical (unpaired) electrons. The monoisotopic (exact) mass is 268 g/mol. The molecule has 0 bridgehead atoms. The molecule has 2 rings (SSSR count). The van der Waals surface area contributed by atoms with E-state index >= 15 is 0 Å². The van der Waals surface area contributed by atoms with Crippen molar-refractivity contribution in [1.29, 1.82) is 5.41 Å². The Bertz CT molecular complexity index is 632. The number of hydrogen-bond acceptors (Lipinski definition) is 2. The fraction of sp³-hybridized carbons (Fsp3) is 0.294. The predicted molar refractivity (Wildman–Crippen MR) is 84.5 cm³/mol. The number of hydrogen-bond donors (Lipinski definition) is 2. The number of carbonyl (C=O) groups excluding carboxylic acids is 1. The molecule has 0 spiro atoms. The maximum Gasteiger partial charge on any atom is 0.224 e. The van der Waals surface area contributed by atoms with Crippen LogP contribution in [0.4, 0.5) is 5.69 Å². The van der Waals surface area contributed by atoms with Gasteiger partial charge in [-0.2, -0.15) is 0 Å². The van der Waals surface area contributed by atoms with Crippen LogP contribution in [0.25, 0.3) is 10.8 Å². The molecule has 0 saturated carbocycles. The van der Waals surface area contributed by atoms with Crippen molar-refractivity contribution < 1.29 is 4.79 Å². The lowest BCUT2D eigenvalue weighted by atomic mass is 10.0. The number of benzene rings is 2. The molecule has 0 aliphatic carbocycles. The number of rotatable bonds is 5. The number of fused-ring (bicyclic) bond motifs is 1. The van der Waals surface area contributed by atoms with Crippen LogP contribution in [0.5, 0.6) is 0 Å². The van der Waals surface area contributed by atoms with Gasteiger partial charge in [0.1, 0.15) is 0 Å². The van der Waals surface area contributed by atoms with E-state index in [4.69, 9.17) is 5.41 Å². The van der Waals surface area contributed by atoms with Gasteiger partial charge in [-0.05, 0) is 29.4 Å². The summed E-state index contributed by atoms with van der Waals surface area (Å²) >= 11 is 0. The summed E-state index contributed by atoms with van der Waals surface area (Å²) in [6.45, 7) is 4.23. The third-order valence-electron chi connectivity index (χ3n) is 3.34. The summed E-state index contributed by atoms with van der Waals surface area (Å²) in [5, 5.41) is 12.4. The van der Waals surface area contributed by atoms with Crippen LogP contribution >= 0.6 is 0 Å². The lowest BCUT2D eigenvalue weighted by molar-refractivity contribution is -0.116. The van der Waals surface area contributed by atoms with Gasteiger partial charge in [0.15, 0.2) is 0 Å². The third kappa shape index (κ3) is 3.23. The van der Waals surface area contributed by atoms with Crippen molar-refractivity contribution in [3.8, 4) is 0 Å². The Hall–Kier alpha value is -2.16. The zero-order valence-electron chi connectivity index (χ0n) is 11.9. The molecular formula is C17H20N2O. The van der Waals surface area contributed by atoms with Gasteiger partial charge < -0.3 is 10.7 Å². The third-order valence-corrected chi connectivity index (χ3v) is 3.34. The largest absolute Gasteiger partial charge is 0.326 e.